The predicted octanol–water partition coefficient (Wildman–Crippen LogP) is 5.67. The zero-order valence-electron chi connectivity index (χ0n) is 19.3. The van der Waals surface area contributed by atoms with Gasteiger partial charge < -0.3 is 19.6 Å². The van der Waals surface area contributed by atoms with Gasteiger partial charge in [0.05, 0.1) is 23.4 Å². The second-order valence-electron chi connectivity index (χ2n) is 8.53. The molecule has 2 atom stereocenters. The highest BCUT2D eigenvalue weighted by molar-refractivity contribution is 6.30. The van der Waals surface area contributed by atoms with Gasteiger partial charge in [-0.25, -0.2) is 14.7 Å². The smallest absolute Gasteiger partial charge is 0.416 e. The quantitative estimate of drug-likeness (QED) is 0.312. The minimum absolute atomic E-state index is 0.200. The Labute approximate surface area is 211 Å². The molecule has 0 radical (unpaired) electrons. The number of hydrogen-bond donors (Lipinski definition) is 2. The number of nitrogens with one attached hydrogen (secondary N) is 2. The maximum atomic E-state index is 12.8. The zero-order chi connectivity index (χ0) is 24.6. The third kappa shape index (κ3) is 4.03. The fourth-order valence-electron chi connectivity index (χ4n) is 4.33. The molecule has 1 fully saturated rings. The SMILES string of the molecule is C[C@H](Nc1nc(N2C(=O)OC[C@H]2c2ccccc2)c2cc[nH]c2n1)c1cn(-c2ccc(Cl)cc2)cn1. The van der Waals surface area contributed by atoms with Crippen molar-refractivity contribution in [2.24, 2.45) is 0 Å². The van der Waals surface area contributed by atoms with Gasteiger partial charge in [0.1, 0.15) is 18.3 Å². The lowest BCUT2D eigenvalue weighted by atomic mass is 10.1. The van der Waals surface area contributed by atoms with Crippen LogP contribution in [0.25, 0.3) is 16.7 Å². The molecule has 36 heavy (non-hydrogen) atoms. The van der Waals surface area contributed by atoms with Crippen LogP contribution < -0.4 is 10.2 Å². The summed E-state index contributed by atoms with van der Waals surface area (Å²) < 4.78 is 7.36. The van der Waals surface area contributed by atoms with Crippen molar-refractivity contribution >= 4 is 40.5 Å². The normalized spacial score (nSPS) is 16.3. The lowest BCUT2D eigenvalue weighted by Crippen LogP contribution is -2.28. The Morgan fingerprint density at radius 3 is 2.72 bits per heavy atom. The predicted molar refractivity (Wildman–Crippen MR) is 138 cm³/mol. The van der Waals surface area contributed by atoms with Crippen molar-refractivity contribution in [3.63, 3.8) is 0 Å². The maximum Gasteiger partial charge on any atom is 0.416 e. The molecular formula is C26H22ClN7O2. The molecule has 0 aliphatic carbocycles. The number of nitrogens with zero attached hydrogens (tertiary/aromatic N) is 5. The molecule has 1 saturated heterocycles. The second kappa shape index (κ2) is 9.01. The van der Waals surface area contributed by atoms with E-state index in [1.807, 2.05) is 78.4 Å². The highest BCUT2D eigenvalue weighted by Crippen LogP contribution is 2.36. The molecule has 2 aromatic carbocycles. The Balaban J connectivity index is 1.31. The monoisotopic (exact) mass is 499 g/mol. The molecular weight excluding hydrogens is 478 g/mol. The van der Waals surface area contributed by atoms with E-state index in [9.17, 15) is 4.79 Å². The first-order chi connectivity index (χ1) is 17.6. The molecule has 1 aliphatic heterocycles. The number of imidazole rings is 1. The summed E-state index contributed by atoms with van der Waals surface area (Å²) in [5, 5.41) is 4.74. The zero-order valence-corrected chi connectivity index (χ0v) is 20.1. The first-order valence-electron chi connectivity index (χ1n) is 11.5. The number of ether oxygens (including phenoxy) is 1. The molecule has 0 spiro atoms. The van der Waals surface area contributed by atoms with Crippen LogP contribution in [0.2, 0.25) is 5.02 Å². The number of anilines is 2. The van der Waals surface area contributed by atoms with Crippen LogP contribution in [0.4, 0.5) is 16.6 Å². The highest BCUT2D eigenvalue weighted by atomic mass is 35.5. The van der Waals surface area contributed by atoms with Crippen molar-refractivity contribution in [2.75, 3.05) is 16.8 Å². The van der Waals surface area contributed by atoms with Crippen molar-refractivity contribution in [2.45, 2.75) is 19.0 Å². The molecule has 4 heterocycles. The maximum absolute atomic E-state index is 12.8. The summed E-state index contributed by atoms with van der Waals surface area (Å²) in [6, 6.07) is 18.7. The van der Waals surface area contributed by atoms with Gasteiger partial charge in [-0.1, -0.05) is 41.9 Å². The van der Waals surface area contributed by atoms with Crippen LogP contribution in [0, 0.1) is 0 Å². The summed E-state index contributed by atoms with van der Waals surface area (Å²) in [6.07, 6.45) is 5.04. The molecule has 1 aliphatic rings. The lowest BCUT2D eigenvalue weighted by molar-refractivity contribution is 0.179. The number of aromatic nitrogens is 5. The molecule has 180 valence electrons. The summed E-state index contributed by atoms with van der Waals surface area (Å²) in [6.45, 7) is 2.23. The molecule has 0 bridgehead atoms. The fourth-order valence-corrected chi connectivity index (χ4v) is 4.46. The Kier molecular flexibility index (Phi) is 5.54. The van der Waals surface area contributed by atoms with Gasteiger partial charge in [0.2, 0.25) is 5.95 Å². The van der Waals surface area contributed by atoms with Crippen molar-refractivity contribution in [3.05, 3.63) is 95.7 Å². The van der Waals surface area contributed by atoms with E-state index < -0.39 is 6.09 Å². The topological polar surface area (TPSA) is 101 Å². The molecule has 9 nitrogen and oxygen atoms in total. The summed E-state index contributed by atoms with van der Waals surface area (Å²) in [5.74, 6) is 0.860. The number of carbonyl (C=O) groups excluding carboxylic acids is 1. The van der Waals surface area contributed by atoms with Crippen LogP contribution in [-0.4, -0.2) is 37.2 Å². The average Bonchev–Trinajstić information content (AvgIpc) is 3.64. The van der Waals surface area contributed by atoms with Crippen molar-refractivity contribution in [1.82, 2.24) is 24.5 Å². The summed E-state index contributed by atoms with van der Waals surface area (Å²) >= 11 is 6.01. The van der Waals surface area contributed by atoms with E-state index in [1.165, 1.54) is 0 Å². The van der Waals surface area contributed by atoms with Crippen LogP contribution in [0.5, 0.6) is 0 Å². The molecule has 6 rings (SSSR count). The Morgan fingerprint density at radius 1 is 1.11 bits per heavy atom. The van der Waals surface area contributed by atoms with Crippen LogP contribution >= 0.6 is 11.6 Å². The van der Waals surface area contributed by atoms with Crippen molar-refractivity contribution < 1.29 is 9.53 Å². The van der Waals surface area contributed by atoms with Gasteiger partial charge in [-0.05, 0) is 42.8 Å². The molecule has 2 N–H and O–H groups in total. The summed E-state index contributed by atoms with van der Waals surface area (Å²) in [7, 11) is 0. The molecule has 10 heteroatoms. The van der Waals surface area contributed by atoms with Crippen molar-refractivity contribution in [3.8, 4) is 5.69 Å². The number of hydrogen-bond acceptors (Lipinski definition) is 6. The van der Waals surface area contributed by atoms with Gasteiger partial charge >= 0.3 is 6.09 Å². The summed E-state index contributed by atoms with van der Waals surface area (Å²) in [4.78, 5) is 31.5. The van der Waals surface area contributed by atoms with E-state index in [2.05, 4.69) is 20.3 Å². The van der Waals surface area contributed by atoms with Crippen molar-refractivity contribution in [1.29, 1.82) is 0 Å². The number of aromatic amines is 1. The third-order valence-corrected chi connectivity index (χ3v) is 6.45. The van der Waals surface area contributed by atoms with E-state index in [0.717, 1.165) is 22.3 Å². The third-order valence-electron chi connectivity index (χ3n) is 6.20. The molecule has 5 aromatic rings. The highest BCUT2D eigenvalue weighted by Gasteiger charge is 2.37. The first kappa shape index (κ1) is 22.1. The number of amides is 1. The van der Waals surface area contributed by atoms with Gasteiger partial charge in [-0.15, -0.1) is 0 Å². The van der Waals surface area contributed by atoms with Crippen LogP contribution in [0.1, 0.15) is 30.3 Å². The number of halogens is 1. The average molecular weight is 500 g/mol. The molecule has 0 unspecified atom stereocenters. The number of rotatable bonds is 6. The number of fused-ring (bicyclic) bond motifs is 1. The number of benzene rings is 2. The molecule has 3 aromatic heterocycles. The van der Waals surface area contributed by atoms with Gasteiger partial charge in [-0.3, -0.25) is 0 Å². The van der Waals surface area contributed by atoms with Crippen LogP contribution in [-0.2, 0) is 4.74 Å². The fraction of sp³-hybridized carbons (Fsp3) is 0.154. The molecule has 0 saturated carbocycles. The molecule has 1 amide bonds. The number of H-pyrrole nitrogens is 1. The van der Waals surface area contributed by atoms with E-state index in [-0.39, 0.29) is 18.7 Å². The minimum atomic E-state index is -0.439. The van der Waals surface area contributed by atoms with Gasteiger partial charge in [-0.2, -0.15) is 9.97 Å². The standard InChI is InChI=1S/C26H22ClN7O2/c1-16(21-13-33(15-29-21)19-9-7-18(27)8-10-19)30-25-31-23-20(11-12-28-23)24(32-25)34-22(14-36-26(34)35)17-5-3-2-4-6-17/h2-13,15-16,22H,14H2,1H3,(H2,28,30,31,32)/t16-,22-/m0/s1. The largest absolute Gasteiger partial charge is 0.447 e. The van der Waals surface area contributed by atoms with E-state index >= 15 is 0 Å². The first-order valence-corrected chi connectivity index (χ1v) is 11.9. The van der Waals surface area contributed by atoms with E-state index in [1.54, 1.807) is 17.4 Å². The minimum Gasteiger partial charge on any atom is -0.447 e. The van der Waals surface area contributed by atoms with E-state index in [4.69, 9.17) is 21.3 Å². The van der Waals surface area contributed by atoms with Crippen LogP contribution in [0.15, 0.2) is 79.4 Å². The Hall–Kier alpha value is -4.37. The van der Waals surface area contributed by atoms with E-state index in [0.29, 0.717) is 22.4 Å². The summed E-state index contributed by atoms with van der Waals surface area (Å²) in [5.41, 5.74) is 3.36. The van der Waals surface area contributed by atoms with Gasteiger partial charge in [0.25, 0.3) is 0 Å². The number of cyclic esters (lactones) is 1. The number of carbonyl (C=O) groups is 1. The Morgan fingerprint density at radius 2 is 1.92 bits per heavy atom. The second-order valence-corrected chi connectivity index (χ2v) is 8.97. The van der Waals surface area contributed by atoms with Gasteiger partial charge in [0, 0.05) is 23.1 Å². The van der Waals surface area contributed by atoms with Crippen LogP contribution in [0.3, 0.4) is 0 Å². The van der Waals surface area contributed by atoms with Gasteiger partial charge in [0.15, 0.2) is 5.82 Å². The Bertz CT molecular complexity index is 1530. The lowest BCUT2D eigenvalue weighted by Gasteiger charge is -2.22.